The molecule has 0 amide bonds. The fourth-order valence-corrected chi connectivity index (χ4v) is 5.13. The molecular weight excluding hydrogens is 304 g/mol. The molecule has 0 aromatic heterocycles. The second-order valence-electron chi connectivity index (χ2n) is 7.25. The molecule has 2 unspecified atom stereocenters. The molecule has 0 rings (SSSR count). The molecule has 0 N–H and O–H groups in total. The monoisotopic (exact) mass is 336 g/mol. The molecule has 0 aliphatic carbocycles. The van der Waals surface area contributed by atoms with Gasteiger partial charge in [0.2, 0.25) is 0 Å². The molecule has 0 aliphatic rings. The van der Waals surface area contributed by atoms with Gasteiger partial charge in [0.15, 0.2) is 0 Å². The molecule has 0 heterocycles. The highest BCUT2D eigenvalue weighted by atomic mass is 32.2. The van der Waals surface area contributed by atoms with Crippen LogP contribution in [0.15, 0.2) is 0 Å². The lowest BCUT2D eigenvalue weighted by molar-refractivity contribution is -0.109. The van der Waals surface area contributed by atoms with Crippen LogP contribution < -0.4 is 0 Å². The van der Waals surface area contributed by atoms with Gasteiger partial charge in [0, 0.05) is 51.0 Å². The van der Waals surface area contributed by atoms with Gasteiger partial charge in [-0.05, 0) is 23.7 Å². The predicted octanol–water partition coefficient (Wildman–Crippen LogP) is 3.32. The Morgan fingerprint density at radius 1 is 0.810 bits per heavy atom. The lowest BCUT2D eigenvalue weighted by atomic mass is 9.87. The molecule has 0 bridgehead atoms. The third kappa shape index (κ3) is 11.2. The van der Waals surface area contributed by atoms with Crippen LogP contribution in [-0.2, 0) is 26.4 Å². The van der Waals surface area contributed by atoms with Crippen LogP contribution in [0.3, 0.4) is 0 Å². The number of aldehydes is 1. The standard InChI is InChI=1S/C16H32O3S2/c1-6-15(2,3)8-11-20(18)13-14-21(19)12-9-16(4,5)7-10-17/h10H,6-9,11-14H2,1-5H3. The molecule has 0 spiro atoms. The highest BCUT2D eigenvalue weighted by Crippen LogP contribution is 2.25. The van der Waals surface area contributed by atoms with Crippen molar-refractivity contribution in [2.24, 2.45) is 10.8 Å². The van der Waals surface area contributed by atoms with Gasteiger partial charge < -0.3 is 4.79 Å². The van der Waals surface area contributed by atoms with Crippen LogP contribution in [0.5, 0.6) is 0 Å². The molecule has 0 aliphatic heterocycles. The van der Waals surface area contributed by atoms with Crippen molar-refractivity contribution in [1.29, 1.82) is 0 Å². The Bertz CT molecular complexity index is 363. The fraction of sp³-hybridized carbons (Fsp3) is 0.938. The van der Waals surface area contributed by atoms with E-state index in [2.05, 4.69) is 20.8 Å². The Morgan fingerprint density at radius 3 is 1.62 bits per heavy atom. The summed E-state index contributed by atoms with van der Waals surface area (Å²) in [5.74, 6) is 2.34. The zero-order chi connectivity index (χ0) is 16.5. The smallest absolute Gasteiger partial charge is 0.120 e. The van der Waals surface area contributed by atoms with Crippen LogP contribution in [-0.4, -0.2) is 37.7 Å². The van der Waals surface area contributed by atoms with Gasteiger partial charge in [0.1, 0.15) is 6.29 Å². The molecular formula is C16H32O3S2. The van der Waals surface area contributed by atoms with Gasteiger partial charge in [-0.15, -0.1) is 0 Å². The van der Waals surface area contributed by atoms with Crippen molar-refractivity contribution in [3.8, 4) is 0 Å². The van der Waals surface area contributed by atoms with Crippen molar-refractivity contribution in [3.63, 3.8) is 0 Å². The zero-order valence-electron chi connectivity index (χ0n) is 14.3. The number of carbonyl (C=O) groups is 1. The number of hydrogen-bond acceptors (Lipinski definition) is 3. The highest BCUT2D eigenvalue weighted by molar-refractivity contribution is 7.88. The Morgan fingerprint density at radius 2 is 1.24 bits per heavy atom. The van der Waals surface area contributed by atoms with Crippen LogP contribution in [0.4, 0.5) is 0 Å². The van der Waals surface area contributed by atoms with E-state index < -0.39 is 21.6 Å². The van der Waals surface area contributed by atoms with Gasteiger partial charge in [-0.1, -0.05) is 41.0 Å². The van der Waals surface area contributed by atoms with Gasteiger partial charge in [0.05, 0.1) is 0 Å². The molecule has 0 aromatic rings. The van der Waals surface area contributed by atoms with Gasteiger partial charge in [-0.25, -0.2) is 0 Å². The maximum Gasteiger partial charge on any atom is 0.120 e. The van der Waals surface area contributed by atoms with E-state index in [1.165, 1.54) is 0 Å². The van der Waals surface area contributed by atoms with Crippen LogP contribution in [0.2, 0.25) is 0 Å². The second-order valence-corrected chi connectivity index (χ2v) is 10.6. The van der Waals surface area contributed by atoms with Crippen molar-refractivity contribution >= 4 is 27.9 Å². The van der Waals surface area contributed by atoms with Gasteiger partial charge in [-0.2, -0.15) is 0 Å². The number of hydrogen-bond donors (Lipinski definition) is 0. The largest absolute Gasteiger partial charge is 0.303 e. The SMILES string of the molecule is CCC(C)(C)CCS(=O)CCS(=O)CCC(C)(C)CC=O. The minimum absolute atomic E-state index is 0.0816. The first-order valence-electron chi connectivity index (χ1n) is 7.75. The Labute approximate surface area is 135 Å². The van der Waals surface area contributed by atoms with Crippen LogP contribution >= 0.6 is 0 Å². The van der Waals surface area contributed by atoms with E-state index in [9.17, 15) is 13.2 Å². The highest BCUT2D eigenvalue weighted by Gasteiger charge is 2.19. The first kappa shape index (κ1) is 21.0. The third-order valence-corrected chi connectivity index (χ3v) is 7.04. The van der Waals surface area contributed by atoms with E-state index in [1.54, 1.807) is 0 Å². The first-order valence-corrected chi connectivity index (χ1v) is 10.7. The van der Waals surface area contributed by atoms with E-state index >= 15 is 0 Å². The summed E-state index contributed by atoms with van der Waals surface area (Å²) in [6.45, 7) is 10.6. The van der Waals surface area contributed by atoms with E-state index in [0.29, 0.717) is 29.4 Å². The molecule has 21 heavy (non-hydrogen) atoms. The summed E-state index contributed by atoms with van der Waals surface area (Å²) in [6, 6.07) is 0. The Kier molecular flexibility index (Phi) is 9.87. The average molecular weight is 337 g/mol. The summed E-state index contributed by atoms with van der Waals surface area (Å²) >= 11 is 0. The van der Waals surface area contributed by atoms with Crippen molar-refractivity contribution in [1.82, 2.24) is 0 Å². The van der Waals surface area contributed by atoms with E-state index in [0.717, 1.165) is 25.5 Å². The minimum Gasteiger partial charge on any atom is -0.303 e. The fourth-order valence-electron chi connectivity index (χ4n) is 1.67. The van der Waals surface area contributed by atoms with E-state index in [4.69, 9.17) is 0 Å². The maximum atomic E-state index is 11.9. The summed E-state index contributed by atoms with van der Waals surface area (Å²) in [4.78, 5) is 10.5. The summed E-state index contributed by atoms with van der Waals surface area (Å²) in [6.07, 6.45) is 4.24. The molecule has 0 radical (unpaired) electrons. The Balaban J connectivity index is 3.93. The summed E-state index contributed by atoms with van der Waals surface area (Å²) in [5, 5.41) is 0. The van der Waals surface area contributed by atoms with Crippen molar-refractivity contribution in [2.75, 3.05) is 23.0 Å². The molecule has 126 valence electrons. The molecule has 0 aromatic carbocycles. The van der Waals surface area contributed by atoms with Crippen molar-refractivity contribution in [2.45, 2.75) is 60.3 Å². The zero-order valence-corrected chi connectivity index (χ0v) is 15.9. The summed E-state index contributed by atoms with van der Waals surface area (Å²) in [5.41, 5.74) is 0.162. The van der Waals surface area contributed by atoms with Gasteiger partial charge in [0.25, 0.3) is 0 Å². The van der Waals surface area contributed by atoms with E-state index in [-0.39, 0.29) is 10.8 Å². The Hall–Kier alpha value is -0.0300. The lowest BCUT2D eigenvalue weighted by Gasteiger charge is -2.22. The molecule has 2 atom stereocenters. The summed E-state index contributed by atoms with van der Waals surface area (Å²) in [7, 11) is -1.79. The molecule has 0 saturated heterocycles. The van der Waals surface area contributed by atoms with E-state index in [1.807, 2.05) is 13.8 Å². The molecule has 0 saturated carbocycles. The predicted molar refractivity (Wildman–Crippen MR) is 93.5 cm³/mol. The van der Waals surface area contributed by atoms with Crippen LogP contribution in [0, 0.1) is 10.8 Å². The minimum atomic E-state index is -0.926. The van der Waals surface area contributed by atoms with Gasteiger partial charge >= 0.3 is 0 Å². The van der Waals surface area contributed by atoms with Crippen LogP contribution in [0.1, 0.15) is 60.3 Å². The topological polar surface area (TPSA) is 51.2 Å². The van der Waals surface area contributed by atoms with Crippen molar-refractivity contribution < 1.29 is 13.2 Å². The van der Waals surface area contributed by atoms with Crippen LogP contribution in [0.25, 0.3) is 0 Å². The third-order valence-electron chi connectivity index (χ3n) is 4.14. The normalized spacial score (nSPS) is 15.7. The molecule has 3 nitrogen and oxygen atoms in total. The van der Waals surface area contributed by atoms with Gasteiger partial charge in [-0.3, -0.25) is 8.42 Å². The summed E-state index contributed by atoms with van der Waals surface area (Å²) < 4.78 is 23.9. The maximum absolute atomic E-state index is 11.9. The quantitative estimate of drug-likeness (QED) is 0.514. The lowest BCUT2D eigenvalue weighted by Crippen LogP contribution is -2.20. The molecule has 5 heteroatoms. The molecule has 0 fully saturated rings. The first-order chi connectivity index (χ1) is 9.62. The number of carbonyl (C=O) groups excluding carboxylic acids is 1. The average Bonchev–Trinajstić information content (AvgIpc) is 2.41. The van der Waals surface area contributed by atoms with Crippen molar-refractivity contribution in [3.05, 3.63) is 0 Å². The second kappa shape index (κ2) is 9.88. The number of rotatable bonds is 12.